The lowest BCUT2D eigenvalue weighted by molar-refractivity contribution is -0.142. The van der Waals surface area contributed by atoms with E-state index in [9.17, 15) is 39.5 Å². The molecule has 0 aliphatic carbocycles. The fourth-order valence-corrected chi connectivity index (χ4v) is 11.9. The van der Waals surface area contributed by atoms with Crippen molar-refractivity contribution in [2.24, 2.45) is 0 Å². The zero-order valence-corrected chi connectivity index (χ0v) is 44.8. The molecule has 406 valence electrons. The lowest BCUT2D eigenvalue weighted by Crippen LogP contribution is -2.12. The number of rotatable bonds is 8. The van der Waals surface area contributed by atoms with Crippen molar-refractivity contribution in [3.05, 3.63) is 263 Å². The summed E-state index contributed by atoms with van der Waals surface area (Å²) in [6.07, 6.45) is -10.4. The minimum Gasteiger partial charge on any atom is -0.309 e. The van der Waals surface area contributed by atoms with Crippen LogP contribution in [-0.4, -0.2) is 9.13 Å². The highest BCUT2D eigenvalue weighted by Gasteiger charge is 2.39. The van der Waals surface area contributed by atoms with Gasteiger partial charge in [0.2, 0.25) is 0 Å². The molecule has 0 aliphatic rings. The molecule has 11 aromatic carbocycles. The second-order valence-corrected chi connectivity index (χ2v) is 20.6. The van der Waals surface area contributed by atoms with E-state index in [1.807, 2.05) is 130 Å². The van der Waals surface area contributed by atoms with Crippen molar-refractivity contribution >= 4 is 43.6 Å². The Morgan fingerprint density at radius 1 is 0.291 bits per heavy atom. The normalized spacial score (nSPS) is 11.5. The van der Waals surface area contributed by atoms with Crippen molar-refractivity contribution in [1.82, 2.24) is 9.13 Å². The molecule has 7 nitrogen and oxygen atoms in total. The molecule has 0 fully saturated rings. The van der Waals surface area contributed by atoms with Crippen LogP contribution in [0.1, 0.15) is 38.9 Å². The quantitative estimate of drug-likeness (QED) is 0.140. The Balaban J connectivity index is 1.13. The molecule has 0 aliphatic heterocycles. The number of hydrogen-bond acceptors (Lipinski definition) is 5. The zero-order valence-electron chi connectivity index (χ0n) is 44.8. The predicted octanol–water partition coefficient (Wildman–Crippen LogP) is 19.3. The van der Waals surface area contributed by atoms with Gasteiger partial charge in [-0.1, -0.05) is 109 Å². The molecule has 0 saturated heterocycles. The van der Waals surface area contributed by atoms with Gasteiger partial charge in [0.15, 0.2) is 0 Å². The molecule has 13 aromatic rings. The third kappa shape index (κ3) is 9.00. The van der Waals surface area contributed by atoms with Crippen LogP contribution in [0.5, 0.6) is 0 Å². The van der Waals surface area contributed by atoms with Gasteiger partial charge in [0.25, 0.3) is 0 Å². The average molecular weight is 1130 g/mol. The number of aromatic nitrogens is 2. The van der Waals surface area contributed by atoms with E-state index in [-0.39, 0.29) is 28.3 Å². The van der Waals surface area contributed by atoms with E-state index in [0.29, 0.717) is 106 Å². The van der Waals surface area contributed by atoms with Crippen LogP contribution in [0.4, 0.5) is 26.3 Å². The first-order chi connectivity index (χ1) is 41.7. The summed E-state index contributed by atoms with van der Waals surface area (Å²) in [5.41, 5.74) is 7.46. The van der Waals surface area contributed by atoms with E-state index < -0.39 is 29.0 Å². The van der Waals surface area contributed by atoms with Crippen LogP contribution < -0.4 is 0 Å². The number of fused-ring (bicyclic) bond motifs is 6. The fraction of sp³-hybridized carbons (Fsp3) is 0.0274. The maximum Gasteiger partial charge on any atom is 0.417 e. The molecule has 0 atom stereocenters. The zero-order chi connectivity index (χ0) is 59.6. The number of benzene rings is 11. The van der Waals surface area contributed by atoms with Gasteiger partial charge < -0.3 is 9.13 Å². The predicted molar refractivity (Wildman–Crippen MR) is 321 cm³/mol. The highest BCUT2D eigenvalue weighted by atomic mass is 19.4. The Bertz CT molecular complexity index is 5010. The summed E-state index contributed by atoms with van der Waals surface area (Å²) < 4.78 is 93.9. The van der Waals surface area contributed by atoms with Crippen LogP contribution in [0.25, 0.3) is 122 Å². The number of nitrogens with zero attached hydrogens (tertiary/aromatic N) is 7. The van der Waals surface area contributed by atoms with Gasteiger partial charge in [-0.25, -0.2) is 0 Å². The van der Waals surface area contributed by atoms with Gasteiger partial charge in [-0.2, -0.15) is 52.7 Å². The largest absolute Gasteiger partial charge is 0.417 e. The van der Waals surface area contributed by atoms with Gasteiger partial charge in [-0.05, 0) is 176 Å². The highest BCUT2D eigenvalue weighted by Crippen LogP contribution is 2.48. The van der Waals surface area contributed by atoms with Crippen LogP contribution in [0.15, 0.2) is 224 Å². The van der Waals surface area contributed by atoms with E-state index in [1.54, 1.807) is 78.9 Å². The molecule has 2 heterocycles. The summed E-state index contributed by atoms with van der Waals surface area (Å²) in [4.78, 5) is 0. The lowest BCUT2D eigenvalue weighted by Gasteiger charge is -2.22. The molecule has 0 amide bonds. The van der Waals surface area contributed by atoms with E-state index >= 15 is 13.2 Å². The van der Waals surface area contributed by atoms with E-state index in [2.05, 4.69) is 30.3 Å². The molecule has 0 unspecified atom stereocenters. The maximum atomic E-state index is 15.6. The van der Waals surface area contributed by atoms with Gasteiger partial charge in [0.05, 0.1) is 97.0 Å². The standard InChI is InChI=1S/C73H37F6N7/c74-72(75,76)52-22-24-59(66(36-52)73(77,78)79)58-25-23-53(85-67-27-18-44(54-13-5-1-9-48(54)39-81)32-62(67)63-33-45(19-28-68(63)85)55-14-6-2-10-49(55)40-82)37-60(58)61-31-43(38-80)17-26-69(61)86-70-29-20-46(56-15-7-3-11-50(56)41-83)34-64(70)65-35-47(21-30-71(65)86)57-16-8-4-12-51(57)42-84/h1-37H. The number of alkyl halides is 6. The molecule has 2 aromatic heterocycles. The first-order valence-corrected chi connectivity index (χ1v) is 26.8. The first-order valence-electron chi connectivity index (χ1n) is 26.8. The molecule has 0 spiro atoms. The Hall–Kier alpha value is -12.0. The second kappa shape index (κ2) is 20.8. The van der Waals surface area contributed by atoms with Gasteiger partial charge in [-0.3, -0.25) is 0 Å². The Labute approximate surface area is 487 Å². The van der Waals surface area contributed by atoms with Crippen LogP contribution in [-0.2, 0) is 12.4 Å². The summed E-state index contributed by atoms with van der Waals surface area (Å²) in [6.45, 7) is 0. The van der Waals surface area contributed by atoms with Crippen LogP contribution in [0.3, 0.4) is 0 Å². The second-order valence-electron chi connectivity index (χ2n) is 20.6. The Morgan fingerprint density at radius 3 is 1.07 bits per heavy atom. The monoisotopic (exact) mass is 1130 g/mol. The highest BCUT2D eigenvalue weighted by molar-refractivity contribution is 6.14. The SMILES string of the molecule is N#Cc1ccc(-n2c3ccc(-c4ccccc4C#N)cc3c3cc(-c4ccccc4C#N)ccc32)c(-c2cc(-n3c4ccc(-c5ccccc5C#N)cc4c4cc(-c5ccccc5C#N)ccc43)ccc2-c2ccc(C(F)(F)F)cc2C(F)(F)F)c1. The molecule has 13 heteroatoms. The summed E-state index contributed by atoms with van der Waals surface area (Å²) in [5.74, 6) is 0. The first kappa shape index (κ1) is 53.4. The van der Waals surface area contributed by atoms with Crippen molar-refractivity contribution in [2.45, 2.75) is 12.4 Å². The van der Waals surface area contributed by atoms with Gasteiger partial charge in [0.1, 0.15) is 0 Å². The van der Waals surface area contributed by atoms with Crippen molar-refractivity contribution in [3.63, 3.8) is 0 Å². The molecular formula is C73H37F6N7. The van der Waals surface area contributed by atoms with E-state index in [0.717, 1.165) is 28.0 Å². The number of nitriles is 5. The molecule has 0 saturated carbocycles. The van der Waals surface area contributed by atoms with Crippen LogP contribution >= 0.6 is 0 Å². The topological polar surface area (TPSA) is 129 Å². The summed E-state index contributed by atoms with van der Waals surface area (Å²) in [6, 6.07) is 74.0. The molecule has 0 bridgehead atoms. The van der Waals surface area contributed by atoms with Gasteiger partial charge in [0, 0.05) is 32.8 Å². The lowest BCUT2D eigenvalue weighted by atomic mass is 9.88. The van der Waals surface area contributed by atoms with Crippen molar-refractivity contribution < 1.29 is 26.3 Å². The minimum atomic E-state index is -5.28. The smallest absolute Gasteiger partial charge is 0.309 e. The van der Waals surface area contributed by atoms with E-state index in [4.69, 9.17) is 0 Å². The summed E-state index contributed by atoms with van der Waals surface area (Å²) in [7, 11) is 0. The van der Waals surface area contributed by atoms with Gasteiger partial charge >= 0.3 is 12.4 Å². The molecule has 0 radical (unpaired) electrons. The minimum absolute atomic E-state index is 0.0933. The van der Waals surface area contributed by atoms with Crippen molar-refractivity contribution in [3.8, 4) is 108 Å². The molecule has 86 heavy (non-hydrogen) atoms. The molecule has 13 rings (SSSR count). The number of halogens is 6. The van der Waals surface area contributed by atoms with Crippen molar-refractivity contribution in [2.75, 3.05) is 0 Å². The van der Waals surface area contributed by atoms with Gasteiger partial charge in [-0.15, -0.1) is 0 Å². The molecule has 0 N–H and O–H groups in total. The molecular weight excluding hydrogens is 1090 g/mol. The summed E-state index contributed by atoms with van der Waals surface area (Å²) in [5, 5.41) is 54.4. The van der Waals surface area contributed by atoms with E-state index in [1.165, 1.54) is 6.07 Å². The fourth-order valence-electron chi connectivity index (χ4n) is 11.9. The maximum absolute atomic E-state index is 15.6. The Kier molecular flexibility index (Phi) is 12.9. The Morgan fingerprint density at radius 2 is 0.686 bits per heavy atom. The average Bonchev–Trinajstić information content (AvgIpc) is 1.59. The third-order valence-electron chi connectivity index (χ3n) is 15.8. The van der Waals surface area contributed by atoms with Crippen LogP contribution in [0, 0.1) is 56.7 Å². The number of hydrogen-bond donors (Lipinski definition) is 0. The summed E-state index contributed by atoms with van der Waals surface area (Å²) >= 11 is 0. The van der Waals surface area contributed by atoms with Crippen molar-refractivity contribution in [1.29, 1.82) is 26.3 Å². The van der Waals surface area contributed by atoms with Crippen LogP contribution in [0.2, 0.25) is 0 Å². The third-order valence-corrected chi connectivity index (χ3v) is 15.8.